The lowest BCUT2D eigenvalue weighted by atomic mass is 10.0. The average Bonchev–Trinajstić information content (AvgIpc) is 3.34. The summed E-state index contributed by atoms with van der Waals surface area (Å²) in [6.07, 6.45) is 8.09. The summed E-state index contributed by atoms with van der Waals surface area (Å²) in [5, 5.41) is 24.8. The van der Waals surface area contributed by atoms with Crippen LogP contribution >= 0.6 is 0 Å². The summed E-state index contributed by atoms with van der Waals surface area (Å²) in [5.74, 6) is 32.0. The van der Waals surface area contributed by atoms with Gasteiger partial charge >= 0.3 is 0 Å². The smallest absolute Gasteiger partial charge is 0.293 e. The average molecular weight is 1030 g/mol. The zero-order valence-corrected chi connectivity index (χ0v) is 50.0. The van der Waals surface area contributed by atoms with Crippen molar-refractivity contribution in [2.24, 2.45) is 0 Å². The molecule has 0 aliphatic carbocycles. The molecule has 0 atom stereocenters. The Morgan fingerprint density at radius 2 is 0.784 bits per heavy atom. The van der Waals surface area contributed by atoms with E-state index >= 15 is 0 Å². The van der Waals surface area contributed by atoms with Crippen molar-refractivity contribution in [3.05, 3.63) is 102 Å². The fraction of sp³-hybridized carbons (Fsp3) is 0.531. The molecule has 0 N–H and O–H groups in total. The summed E-state index contributed by atoms with van der Waals surface area (Å²) in [6.45, 7) is 39.3. The topological polar surface area (TPSA) is 92.8 Å². The van der Waals surface area contributed by atoms with Crippen molar-refractivity contribution in [2.45, 2.75) is 195 Å². The fourth-order valence-electron chi connectivity index (χ4n) is 10.7. The van der Waals surface area contributed by atoms with Gasteiger partial charge in [-0.2, -0.15) is 0 Å². The Morgan fingerprint density at radius 3 is 1.16 bits per heavy atom. The van der Waals surface area contributed by atoms with Crippen molar-refractivity contribution in [2.75, 3.05) is 36.0 Å². The van der Waals surface area contributed by atoms with Gasteiger partial charge in [-0.25, -0.2) is 0 Å². The van der Waals surface area contributed by atoms with Gasteiger partial charge in [0.05, 0.1) is 9.85 Å². The van der Waals surface area contributed by atoms with Crippen LogP contribution < -0.4 is 9.80 Å². The summed E-state index contributed by atoms with van der Waals surface area (Å²) in [6, 6.07) is 14.3. The van der Waals surface area contributed by atoms with E-state index in [-0.39, 0.29) is 16.3 Å². The van der Waals surface area contributed by atoms with Crippen molar-refractivity contribution in [3.8, 4) is 70.3 Å². The Bertz CT molecular complexity index is 2730. The highest BCUT2D eigenvalue weighted by Gasteiger charge is 2.43. The second-order valence-electron chi connectivity index (χ2n) is 21.5. The molecule has 0 unspecified atom stereocenters. The van der Waals surface area contributed by atoms with Crippen molar-refractivity contribution in [3.63, 3.8) is 0 Å². The second-order valence-corrected chi connectivity index (χ2v) is 32.7. The molecule has 0 bridgehead atoms. The van der Waals surface area contributed by atoms with E-state index in [1.54, 1.807) is 12.1 Å². The molecule has 0 aliphatic rings. The maximum atomic E-state index is 12.8. The maximum absolute atomic E-state index is 12.8. The van der Waals surface area contributed by atoms with Gasteiger partial charge < -0.3 is 9.80 Å². The molecule has 0 radical (unpaired) electrons. The number of nitro benzene ring substituents is 2. The van der Waals surface area contributed by atoms with Gasteiger partial charge in [-0.15, -0.1) is 11.1 Å². The molecule has 0 saturated heterocycles. The third-order valence-electron chi connectivity index (χ3n) is 14.8. The second kappa shape index (κ2) is 30.3. The number of nitro groups is 2. The van der Waals surface area contributed by atoms with Crippen molar-refractivity contribution >= 4 is 38.9 Å². The first kappa shape index (κ1) is 62.2. The minimum atomic E-state index is -2.18. The minimum absolute atomic E-state index is 0.0498. The van der Waals surface area contributed by atoms with E-state index in [2.05, 4.69) is 209 Å². The number of hydrogen-bond donors (Lipinski definition) is 0. The van der Waals surface area contributed by atoms with Crippen LogP contribution in [-0.2, 0) is 0 Å². The number of benzene rings is 3. The molecule has 0 aromatic heterocycles. The van der Waals surface area contributed by atoms with Crippen molar-refractivity contribution < 1.29 is 9.85 Å². The van der Waals surface area contributed by atoms with Gasteiger partial charge in [-0.1, -0.05) is 172 Å². The lowest BCUT2D eigenvalue weighted by Crippen LogP contribution is -2.43. The Hall–Kier alpha value is -6.15. The van der Waals surface area contributed by atoms with Crippen LogP contribution in [0.15, 0.2) is 48.5 Å². The van der Waals surface area contributed by atoms with E-state index in [9.17, 15) is 20.2 Å². The molecule has 10 heteroatoms. The van der Waals surface area contributed by atoms with Crippen LogP contribution in [-0.4, -0.2) is 52.2 Å². The van der Waals surface area contributed by atoms with Crippen LogP contribution in [0.3, 0.4) is 0 Å². The standard InChI is InChI=1S/C64H86N4O4Si2/c1-17-21-39-65(40-22-18-2)61-35-33-55(59(45-61)37-43-73(49(5)6,50(7)8)51(9)10)29-25-27-31-57-47-63(66(41-23-19-3)42-24-20-4)64(68(71)72)48-58(57)32-28-26-30-56-34-36-62(67(69)70)46-60(56)38-44-74(52(11)12,53(13)14)54(15)16/h33-36,45-54H,17-24,39-42H2,1-16H3. The Labute approximate surface area is 450 Å². The highest BCUT2D eigenvalue weighted by molar-refractivity contribution is 6.91. The lowest BCUT2D eigenvalue weighted by Gasteiger charge is -2.38. The van der Waals surface area contributed by atoms with Crippen molar-refractivity contribution in [1.29, 1.82) is 0 Å². The highest BCUT2D eigenvalue weighted by Crippen LogP contribution is 2.42. The molecule has 74 heavy (non-hydrogen) atoms. The van der Waals surface area contributed by atoms with Crippen molar-refractivity contribution in [1.82, 2.24) is 0 Å². The largest absolute Gasteiger partial charge is 0.372 e. The molecule has 0 heterocycles. The molecular formula is C64H86N4O4Si2. The number of nitrogens with zero attached hydrogens (tertiary/aromatic N) is 4. The van der Waals surface area contributed by atoms with Crippen LogP contribution in [0.1, 0.15) is 196 Å². The minimum Gasteiger partial charge on any atom is -0.372 e. The quantitative estimate of drug-likeness (QED) is 0.0431. The molecule has 0 aliphatic heterocycles. The number of anilines is 2. The Kier molecular flexibility index (Phi) is 25.4. The van der Waals surface area contributed by atoms with Crippen LogP contribution in [0, 0.1) is 90.5 Å². The van der Waals surface area contributed by atoms with Crippen LogP contribution in [0.5, 0.6) is 0 Å². The number of hydrogen-bond acceptors (Lipinski definition) is 6. The number of unbranched alkanes of at least 4 members (excludes halogenated alkanes) is 4. The normalized spacial score (nSPS) is 11.1. The van der Waals surface area contributed by atoms with E-state index < -0.39 is 21.1 Å². The summed E-state index contributed by atoms with van der Waals surface area (Å²) in [7, 11) is -4.25. The zero-order valence-electron chi connectivity index (χ0n) is 48.0. The van der Waals surface area contributed by atoms with Gasteiger partial charge in [0.1, 0.15) is 21.8 Å². The summed E-state index contributed by atoms with van der Waals surface area (Å²) in [4.78, 5) is 28.6. The molecule has 3 rings (SSSR count). The molecular weight excluding hydrogens is 945 g/mol. The summed E-state index contributed by atoms with van der Waals surface area (Å²) in [5.41, 5.74) is 15.3. The van der Waals surface area contributed by atoms with Gasteiger partial charge in [-0.3, -0.25) is 20.2 Å². The first-order chi connectivity index (χ1) is 35.2. The molecule has 394 valence electrons. The third-order valence-corrected chi connectivity index (χ3v) is 27.4. The fourth-order valence-corrected chi connectivity index (χ4v) is 21.1. The molecule has 0 fully saturated rings. The van der Waals surface area contributed by atoms with E-state index in [1.807, 2.05) is 0 Å². The molecule has 3 aromatic carbocycles. The molecule has 0 saturated carbocycles. The zero-order chi connectivity index (χ0) is 55.2. The van der Waals surface area contributed by atoms with Gasteiger partial charge in [0.15, 0.2) is 0 Å². The Morgan fingerprint density at radius 1 is 0.432 bits per heavy atom. The van der Waals surface area contributed by atoms with E-state index in [0.29, 0.717) is 74.3 Å². The predicted octanol–water partition coefficient (Wildman–Crippen LogP) is 16.3. The van der Waals surface area contributed by atoms with Gasteiger partial charge in [0.2, 0.25) is 0 Å². The van der Waals surface area contributed by atoms with E-state index in [4.69, 9.17) is 0 Å². The van der Waals surface area contributed by atoms with Crippen LogP contribution in [0.2, 0.25) is 33.2 Å². The number of rotatable bonds is 22. The van der Waals surface area contributed by atoms with Gasteiger partial charge in [0, 0.05) is 83.4 Å². The molecule has 3 aromatic rings. The SMILES string of the molecule is CCCCN(CCCC)c1ccc(C#CC#Cc2cc(N(CCCC)CCCC)c([N+](=O)[O-])cc2C#CC#Cc2ccc([N+](=O)[O-])cc2C#C[Si](C(C)C)(C(C)C)C(C)C)c(C#C[Si](C(C)C)(C(C)C)C(C)C)c1. The third kappa shape index (κ3) is 16.4. The Balaban J connectivity index is 2.39. The van der Waals surface area contributed by atoms with Gasteiger partial charge in [0.25, 0.3) is 11.4 Å². The van der Waals surface area contributed by atoms with E-state index in [0.717, 1.165) is 81.3 Å². The van der Waals surface area contributed by atoms with Gasteiger partial charge in [-0.05, 0) is 113 Å². The maximum Gasteiger partial charge on any atom is 0.293 e. The predicted molar refractivity (Wildman–Crippen MR) is 320 cm³/mol. The number of non-ortho nitro benzene ring substituents is 1. The first-order valence-electron chi connectivity index (χ1n) is 27.5. The summed E-state index contributed by atoms with van der Waals surface area (Å²) < 4.78 is 0. The first-order valence-corrected chi connectivity index (χ1v) is 32.0. The lowest BCUT2D eigenvalue weighted by molar-refractivity contribution is -0.384. The monoisotopic (exact) mass is 1030 g/mol. The highest BCUT2D eigenvalue weighted by atomic mass is 28.3. The van der Waals surface area contributed by atoms with E-state index in [1.165, 1.54) is 18.2 Å². The van der Waals surface area contributed by atoms with Crippen LogP contribution in [0.25, 0.3) is 0 Å². The molecule has 0 amide bonds. The molecule has 0 spiro atoms. The van der Waals surface area contributed by atoms with Crippen LogP contribution in [0.4, 0.5) is 22.7 Å². The summed E-state index contributed by atoms with van der Waals surface area (Å²) >= 11 is 0. The molecule has 8 nitrogen and oxygen atoms in total.